The van der Waals surface area contributed by atoms with Gasteiger partial charge in [0.05, 0.1) is 0 Å². The van der Waals surface area contributed by atoms with Crippen LogP contribution in [0.2, 0.25) is 0 Å². The van der Waals surface area contributed by atoms with Crippen molar-refractivity contribution >= 4 is 29.0 Å². The van der Waals surface area contributed by atoms with E-state index < -0.39 is 11.6 Å². The molecular weight excluding hydrogens is 315 g/mol. The summed E-state index contributed by atoms with van der Waals surface area (Å²) in [4.78, 5) is 14.6. The number of amides is 1. The zero-order chi connectivity index (χ0) is 16.2. The molecule has 2 aliphatic rings. The van der Waals surface area contributed by atoms with Crippen molar-refractivity contribution in [3.63, 3.8) is 0 Å². The minimum Gasteiger partial charge on any atom is -0.459 e. The van der Waals surface area contributed by atoms with E-state index in [0.717, 1.165) is 11.3 Å². The summed E-state index contributed by atoms with van der Waals surface area (Å²) in [5.74, 6) is -0.487. The molecule has 0 radical (unpaired) electrons. The highest BCUT2D eigenvalue weighted by atomic mass is 32.1. The lowest BCUT2D eigenvalue weighted by Crippen LogP contribution is -2.49. The van der Waals surface area contributed by atoms with E-state index in [4.69, 9.17) is 17.0 Å². The Morgan fingerprint density at radius 2 is 1.91 bits per heavy atom. The molecule has 116 valence electrons. The van der Waals surface area contributed by atoms with Gasteiger partial charge in [-0.15, -0.1) is 0 Å². The molecule has 2 aliphatic heterocycles. The van der Waals surface area contributed by atoms with Crippen molar-refractivity contribution in [2.24, 2.45) is 0 Å². The Bertz CT molecular complexity index is 824. The number of fused-ring (bicyclic) bond motifs is 2. The summed E-state index contributed by atoms with van der Waals surface area (Å²) in [6.07, 6.45) is -0.644. The van der Waals surface area contributed by atoms with Gasteiger partial charge >= 0.3 is 0 Å². The molecule has 1 N–H and O–H groups in total. The van der Waals surface area contributed by atoms with Crippen molar-refractivity contribution < 1.29 is 13.9 Å². The van der Waals surface area contributed by atoms with Crippen LogP contribution in [0.5, 0.6) is 0 Å². The van der Waals surface area contributed by atoms with Crippen molar-refractivity contribution in [3.8, 4) is 0 Å². The normalized spacial score (nSPS) is 25.5. The van der Waals surface area contributed by atoms with Gasteiger partial charge in [-0.25, -0.2) is 4.39 Å². The molecule has 1 spiro atoms. The van der Waals surface area contributed by atoms with Crippen molar-refractivity contribution in [1.29, 1.82) is 0 Å². The summed E-state index contributed by atoms with van der Waals surface area (Å²) in [5.41, 5.74) is 1.20. The fraction of sp³-hybridized carbons (Fsp3) is 0.176. The Balaban J connectivity index is 1.93. The van der Waals surface area contributed by atoms with E-state index in [9.17, 15) is 9.18 Å². The Morgan fingerprint density at radius 3 is 2.65 bits per heavy atom. The third-order valence-corrected chi connectivity index (χ3v) is 4.62. The smallest absolute Gasteiger partial charge is 0.261 e. The monoisotopic (exact) mass is 328 g/mol. The van der Waals surface area contributed by atoms with Crippen LogP contribution in [0.25, 0.3) is 0 Å². The van der Waals surface area contributed by atoms with E-state index in [1.807, 2.05) is 24.3 Å². The number of para-hydroxylation sites is 1. The second kappa shape index (κ2) is 4.76. The van der Waals surface area contributed by atoms with E-state index in [-0.39, 0.29) is 16.9 Å². The molecule has 4 rings (SSSR count). The van der Waals surface area contributed by atoms with E-state index >= 15 is 0 Å². The van der Waals surface area contributed by atoms with E-state index in [0.29, 0.717) is 5.56 Å². The van der Waals surface area contributed by atoms with Crippen molar-refractivity contribution in [2.45, 2.75) is 11.6 Å². The number of carbonyl (C=O) groups excluding carboxylic acids is 1. The first-order valence-corrected chi connectivity index (χ1v) is 7.57. The van der Waals surface area contributed by atoms with Gasteiger partial charge in [-0.1, -0.05) is 30.3 Å². The largest absolute Gasteiger partial charge is 0.459 e. The number of nitrogens with zero attached hydrogens (tertiary/aromatic N) is 1. The van der Waals surface area contributed by atoms with E-state index in [2.05, 4.69) is 5.32 Å². The number of benzene rings is 2. The Hall–Kier alpha value is -2.47. The molecule has 1 amide bonds. The molecule has 0 aromatic heterocycles. The summed E-state index contributed by atoms with van der Waals surface area (Å²) in [5, 5.41) is 3.22. The van der Waals surface area contributed by atoms with Gasteiger partial charge in [0.2, 0.25) is 0 Å². The van der Waals surface area contributed by atoms with E-state index in [1.165, 1.54) is 12.1 Å². The van der Waals surface area contributed by atoms with Crippen LogP contribution >= 0.6 is 12.2 Å². The second-order valence-corrected chi connectivity index (χ2v) is 6.02. The van der Waals surface area contributed by atoms with Crippen LogP contribution < -0.4 is 10.2 Å². The summed E-state index contributed by atoms with van der Waals surface area (Å²) in [7, 11) is 1.72. The fourth-order valence-electron chi connectivity index (χ4n) is 3.37. The van der Waals surface area contributed by atoms with Crippen LogP contribution in [0.15, 0.2) is 48.5 Å². The predicted octanol–water partition coefficient (Wildman–Crippen LogP) is 2.64. The molecule has 2 heterocycles. The number of likely N-dealkylation sites (N-methyl/N-ethyl adjacent to an activating group) is 1. The molecule has 6 heteroatoms. The van der Waals surface area contributed by atoms with Crippen LogP contribution in [0.4, 0.5) is 10.1 Å². The molecule has 0 bridgehead atoms. The van der Waals surface area contributed by atoms with Crippen molar-refractivity contribution in [2.75, 3.05) is 11.9 Å². The molecule has 4 nitrogen and oxygen atoms in total. The Kier molecular flexibility index (Phi) is 2.93. The number of carbonyl (C=O) groups is 1. The molecule has 23 heavy (non-hydrogen) atoms. The average molecular weight is 328 g/mol. The van der Waals surface area contributed by atoms with Gasteiger partial charge in [-0.3, -0.25) is 4.79 Å². The predicted molar refractivity (Wildman–Crippen MR) is 87.5 cm³/mol. The lowest BCUT2D eigenvalue weighted by Gasteiger charge is -2.27. The maximum Gasteiger partial charge on any atom is 0.261 e. The minimum absolute atomic E-state index is 0.145. The topological polar surface area (TPSA) is 41.6 Å². The van der Waals surface area contributed by atoms with Crippen molar-refractivity contribution in [3.05, 3.63) is 65.5 Å². The number of halogens is 1. The molecular formula is C17H13FN2O2S. The molecule has 0 aliphatic carbocycles. The summed E-state index contributed by atoms with van der Waals surface area (Å²) in [6, 6.07) is 13.5. The van der Waals surface area contributed by atoms with Crippen LogP contribution in [-0.2, 0) is 15.1 Å². The fourth-order valence-corrected chi connectivity index (χ4v) is 3.63. The number of nitrogens with one attached hydrogen (secondary N) is 1. The number of hydrogen-bond acceptors (Lipinski definition) is 3. The van der Waals surface area contributed by atoms with Crippen LogP contribution in [0.1, 0.15) is 17.2 Å². The maximum absolute atomic E-state index is 13.2. The zero-order valence-electron chi connectivity index (χ0n) is 12.2. The van der Waals surface area contributed by atoms with Gasteiger partial charge in [0.1, 0.15) is 5.82 Å². The molecule has 1 fully saturated rings. The quantitative estimate of drug-likeness (QED) is 0.817. The average Bonchev–Trinajstić information content (AvgIpc) is 3.01. The third-order valence-electron chi connectivity index (χ3n) is 4.42. The molecule has 0 saturated carbocycles. The summed E-state index contributed by atoms with van der Waals surface area (Å²) >= 11 is 5.17. The molecule has 1 saturated heterocycles. The molecule has 2 atom stereocenters. The number of rotatable bonds is 1. The number of thiocarbonyl (C=S) groups is 1. The first-order valence-electron chi connectivity index (χ1n) is 7.16. The number of anilines is 1. The Morgan fingerprint density at radius 1 is 1.22 bits per heavy atom. The first kappa shape index (κ1) is 14.1. The third kappa shape index (κ3) is 1.81. The van der Waals surface area contributed by atoms with Gasteiger partial charge in [-0.2, -0.15) is 0 Å². The highest BCUT2D eigenvalue weighted by Crippen LogP contribution is 2.50. The van der Waals surface area contributed by atoms with Crippen LogP contribution in [-0.4, -0.2) is 18.1 Å². The van der Waals surface area contributed by atoms with Gasteiger partial charge in [-0.05, 0) is 36.0 Å². The van der Waals surface area contributed by atoms with Gasteiger partial charge in [0.15, 0.2) is 11.6 Å². The standard InChI is InChI=1S/C17H13FN2O2S/c1-20-13-5-3-2-4-12(13)17(15(20)21)14(22-16(23)19-17)10-6-8-11(18)9-7-10/h2-9,14H,1H3,(H,19,23)/t14-,17-/m0/s1. The van der Waals surface area contributed by atoms with Crippen LogP contribution in [0, 0.1) is 5.82 Å². The maximum atomic E-state index is 13.2. The lowest BCUT2D eigenvalue weighted by molar-refractivity contribution is -0.125. The van der Waals surface area contributed by atoms with Crippen molar-refractivity contribution in [1.82, 2.24) is 5.32 Å². The van der Waals surface area contributed by atoms with Gasteiger partial charge < -0.3 is 15.0 Å². The number of ether oxygens (including phenoxy) is 1. The van der Waals surface area contributed by atoms with Crippen LogP contribution in [0.3, 0.4) is 0 Å². The SMILES string of the molecule is CN1C(=O)[C@]2(NC(=S)O[C@H]2c2ccc(F)cc2)c2ccccc21. The minimum atomic E-state index is -1.11. The van der Waals surface area contributed by atoms with Gasteiger partial charge in [0, 0.05) is 18.3 Å². The number of hydrogen-bond donors (Lipinski definition) is 1. The van der Waals surface area contributed by atoms with Gasteiger partial charge in [0.25, 0.3) is 11.1 Å². The van der Waals surface area contributed by atoms with E-state index in [1.54, 1.807) is 24.1 Å². The first-order chi connectivity index (χ1) is 11.0. The lowest BCUT2D eigenvalue weighted by atomic mass is 9.83. The molecule has 2 aromatic carbocycles. The second-order valence-electron chi connectivity index (χ2n) is 5.65. The summed E-state index contributed by atoms with van der Waals surface area (Å²) < 4.78 is 19.0. The molecule has 0 unspecified atom stereocenters. The molecule has 2 aromatic rings. The zero-order valence-corrected chi connectivity index (χ0v) is 13.1. The highest BCUT2D eigenvalue weighted by Gasteiger charge is 2.61. The summed E-state index contributed by atoms with van der Waals surface area (Å²) in [6.45, 7) is 0. The highest BCUT2D eigenvalue weighted by molar-refractivity contribution is 7.80. The Labute approximate surface area is 137 Å².